The average Bonchev–Trinajstić information content (AvgIpc) is 3.51. The molecule has 2 unspecified atom stereocenters. The van der Waals surface area contributed by atoms with Gasteiger partial charge in [0, 0.05) is 17.8 Å². The van der Waals surface area contributed by atoms with Gasteiger partial charge in [-0.2, -0.15) is 0 Å². The third kappa shape index (κ3) is 1.60. The second-order valence-electron chi connectivity index (χ2n) is 9.80. The van der Waals surface area contributed by atoms with E-state index < -0.39 is 0 Å². The third-order valence-electron chi connectivity index (χ3n) is 8.40. The maximum atomic E-state index is 12.1. The standard InChI is InChI=1S/C11H15NO2.C8H11NO2/c1-10(2)12-6(5-14-10)7-8(9(12)13)11(7)3-4-11;10-3-4-5-6(7(11)9-4)8(5)1-2-8/h6-8H,3-5H2,1-2H3;4-6,10H,1-3H2,(H,9,11)/t6-,7?,8-;4-,5?,6-/m11/s1. The first-order valence-corrected chi connectivity index (χ1v) is 9.76. The van der Waals surface area contributed by atoms with E-state index in [2.05, 4.69) is 5.32 Å². The Balaban J connectivity index is 0.000000106. The highest BCUT2D eigenvalue weighted by molar-refractivity contribution is 5.89. The molecule has 7 aliphatic rings. The molecule has 25 heavy (non-hydrogen) atoms. The van der Waals surface area contributed by atoms with Crippen LogP contribution < -0.4 is 5.32 Å². The fourth-order valence-electron chi connectivity index (χ4n) is 6.88. The highest BCUT2D eigenvalue weighted by Crippen LogP contribution is 2.80. The van der Waals surface area contributed by atoms with Crippen molar-refractivity contribution < 1.29 is 19.4 Å². The van der Waals surface area contributed by atoms with Gasteiger partial charge in [0.25, 0.3) is 0 Å². The Kier molecular flexibility index (Phi) is 2.43. The second kappa shape index (κ2) is 4.06. The van der Waals surface area contributed by atoms with Crippen molar-refractivity contribution in [3.63, 3.8) is 0 Å². The predicted octanol–water partition coefficient (Wildman–Crippen LogP) is 0.493. The van der Waals surface area contributed by atoms with E-state index in [1.54, 1.807) is 0 Å². The summed E-state index contributed by atoms with van der Waals surface area (Å²) in [5, 5.41) is 11.7. The van der Waals surface area contributed by atoms with Gasteiger partial charge in [-0.25, -0.2) is 0 Å². The molecule has 0 radical (unpaired) electrons. The van der Waals surface area contributed by atoms with Crippen molar-refractivity contribution in [1.29, 1.82) is 0 Å². The van der Waals surface area contributed by atoms with Crippen molar-refractivity contribution in [2.75, 3.05) is 13.2 Å². The highest BCUT2D eigenvalue weighted by Gasteiger charge is 2.83. The number of hydrogen-bond acceptors (Lipinski definition) is 4. The van der Waals surface area contributed by atoms with E-state index in [4.69, 9.17) is 9.84 Å². The number of carbonyl (C=O) groups excluding carboxylic acids is 2. The number of nitrogens with zero attached hydrogens (tertiary/aromatic N) is 1. The summed E-state index contributed by atoms with van der Waals surface area (Å²) in [4.78, 5) is 25.4. The first-order chi connectivity index (χ1) is 11.9. The maximum absolute atomic E-state index is 12.1. The van der Waals surface area contributed by atoms with Crippen molar-refractivity contribution in [3.8, 4) is 0 Å². The summed E-state index contributed by atoms with van der Waals surface area (Å²) in [5.41, 5.74) is 0.517. The van der Waals surface area contributed by atoms with Crippen LogP contribution in [0.4, 0.5) is 0 Å². The minimum Gasteiger partial charge on any atom is -0.394 e. The SMILES string of the molecule is CC1(C)OC[C@@H]2C3[C@H](C(=O)N21)C31CC1.O=C1N[C@H](CO)C2[C@H]1C21CC1. The largest absolute Gasteiger partial charge is 0.394 e. The quantitative estimate of drug-likeness (QED) is 0.724. The van der Waals surface area contributed by atoms with Crippen LogP contribution in [0, 0.1) is 34.5 Å². The smallest absolute Gasteiger partial charge is 0.229 e. The Labute approximate surface area is 147 Å². The number of rotatable bonds is 1. The molecule has 2 amide bonds. The number of carbonyl (C=O) groups is 2. The van der Waals surface area contributed by atoms with E-state index in [0.29, 0.717) is 40.5 Å². The number of amides is 2. The van der Waals surface area contributed by atoms with E-state index in [-0.39, 0.29) is 30.2 Å². The van der Waals surface area contributed by atoms with Crippen molar-refractivity contribution in [3.05, 3.63) is 0 Å². The van der Waals surface area contributed by atoms with E-state index in [9.17, 15) is 9.59 Å². The lowest BCUT2D eigenvalue weighted by atomic mass is 10.1. The van der Waals surface area contributed by atoms with E-state index in [1.807, 2.05) is 18.7 Å². The Morgan fingerprint density at radius 3 is 2.32 bits per heavy atom. The molecule has 3 saturated heterocycles. The molecular formula is C19H26N2O4. The molecule has 0 bridgehead atoms. The summed E-state index contributed by atoms with van der Waals surface area (Å²) < 4.78 is 5.70. The van der Waals surface area contributed by atoms with Crippen LogP contribution in [-0.2, 0) is 14.3 Å². The van der Waals surface area contributed by atoms with Gasteiger partial charge >= 0.3 is 0 Å². The number of aliphatic hydroxyl groups excluding tert-OH is 1. The molecule has 136 valence electrons. The molecule has 7 rings (SSSR count). The van der Waals surface area contributed by atoms with E-state index in [1.165, 1.54) is 25.7 Å². The average molecular weight is 346 g/mol. The molecule has 6 nitrogen and oxygen atoms in total. The monoisotopic (exact) mass is 346 g/mol. The lowest BCUT2D eigenvalue weighted by Gasteiger charge is -2.31. The number of hydrogen-bond donors (Lipinski definition) is 2. The Bertz CT molecular complexity index is 696. The number of nitrogens with one attached hydrogen (secondary N) is 1. The first kappa shape index (κ1) is 15.0. The van der Waals surface area contributed by atoms with Crippen molar-refractivity contribution >= 4 is 11.8 Å². The van der Waals surface area contributed by atoms with Crippen LogP contribution in [0.1, 0.15) is 39.5 Å². The van der Waals surface area contributed by atoms with Crippen LogP contribution >= 0.6 is 0 Å². The zero-order chi connectivity index (χ0) is 17.4. The molecule has 6 heteroatoms. The number of ether oxygens (including phenoxy) is 1. The van der Waals surface area contributed by atoms with E-state index in [0.717, 1.165) is 6.61 Å². The fraction of sp³-hybridized carbons (Fsp3) is 0.895. The van der Waals surface area contributed by atoms with Crippen LogP contribution in [0.3, 0.4) is 0 Å². The van der Waals surface area contributed by atoms with Crippen molar-refractivity contribution in [2.45, 2.75) is 57.3 Å². The van der Waals surface area contributed by atoms with Gasteiger partial charge in [-0.3, -0.25) is 9.59 Å². The summed E-state index contributed by atoms with van der Waals surface area (Å²) in [6.45, 7) is 4.90. The normalized spacial score (nSPS) is 49.2. The summed E-state index contributed by atoms with van der Waals surface area (Å²) in [7, 11) is 0. The van der Waals surface area contributed by atoms with Gasteiger partial charge < -0.3 is 20.1 Å². The highest BCUT2D eigenvalue weighted by atomic mass is 16.5. The molecule has 3 heterocycles. The third-order valence-corrected chi connectivity index (χ3v) is 8.40. The van der Waals surface area contributed by atoms with E-state index >= 15 is 0 Å². The maximum Gasteiger partial charge on any atom is 0.229 e. The Morgan fingerprint density at radius 2 is 1.76 bits per heavy atom. The summed E-state index contributed by atoms with van der Waals surface area (Å²) in [6.07, 6.45) is 5.01. The molecule has 4 saturated carbocycles. The molecule has 6 atom stereocenters. The molecule has 2 spiro atoms. The van der Waals surface area contributed by atoms with Gasteiger partial charge in [0.1, 0.15) is 5.72 Å². The molecule has 0 aromatic carbocycles. The zero-order valence-corrected chi connectivity index (χ0v) is 14.8. The first-order valence-electron chi connectivity index (χ1n) is 9.76. The molecule has 7 fully saturated rings. The summed E-state index contributed by atoms with van der Waals surface area (Å²) >= 11 is 0. The van der Waals surface area contributed by atoms with Crippen molar-refractivity contribution in [1.82, 2.24) is 10.2 Å². The summed E-state index contributed by atoms with van der Waals surface area (Å²) in [5.74, 6) is 2.36. The van der Waals surface area contributed by atoms with Crippen molar-refractivity contribution in [2.24, 2.45) is 34.5 Å². The molecule has 4 aliphatic carbocycles. The van der Waals surface area contributed by atoms with Gasteiger partial charge in [-0.15, -0.1) is 0 Å². The molecule has 3 aliphatic heterocycles. The summed E-state index contributed by atoms with van der Waals surface area (Å²) in [6, 6.07) is 0.486. The van der Waals surface area contributed by atoms with Gasteiger partial charge in [-0.05, 0) is 56.3 Å². The van der Waals surface area contributed by atoms with Crippen LogP contribution in [0.25, 0.3) is 0 Å². The van der Waals surface area contributed by atoms with Crippen LogP contribution in [0.2, 0.25) is 0 Å². The fourth-order valence-corrected chi connectivity index (χ4v) is 6.88. The lowest BCUT2D eigenvalue weighted by Crippen LogP contribution is -2.46. The minimum atomic E-state index is -0.342. The van der Waals surface area contributed by atoms with Crippen LogP contribution in [-0.4, -0.2) is 52.8 Å². The number of piperidine rings is 2. The topological polar surface area (TPSA) is 78.9 Å². The molecule has 0 aromatic rings. The molecular weight excluding hydrogens is 320 g/mol. The van der Waals surface area contributed by atoms with Crippen LogP contribution in [0.15, 0.2) is 0 Å². The lowest BCUT2D eigenvalue weighted by molar-refractivity contribution is -0.145. The van der Waals surface area contributed by atoms with Crippen LogP contribution in [0.5, 0.6) is 0 Å². The minimum absolute atomic E-state index is 0.0787. The number of fused-ring (bicyclic) bond motifs is 8. The second-order valence-corrected chi connectivity index (χ2v) is 9.80. The molecule has 2 N–H and O–H groups in total. The Hall–Kier alpha value is -1.14. The zero-order valence-electron chi connectivity index (χ0n) is 14.8. The van der Waals surface area contributed by atoms with Gasteiger partial charge in [0.2, 0.25) is 11.8 Å². The molecule has 0 aromatic heterocycles. The van der Waals surface area contributed by atoms with Gasteiger partial charge in [0.05, 0.1) is 25.3 Å². The van der Waals surface area contributed by atoms with Gasteiger partial charge in [-0.1, -0.05) is 0 Å². The predicted molar refractivity (Wildman–Crippen MR) is 87.0 cm³/mol. The Morgan fingerprint density at radius 1 is 1.12 bits per heavy atom. The van der Waals surface area contributed by atoms with Gasteiger partial charge in [0.15, 0.2) is 0 Å². The number of aliphatic hydroxyl groups is 1.